The van der Waals surface area contributed by atoms with Gasteiger partial charge in [0.2, 0.25) is 0 Å². The topological polar surface area (TPSA) is 26.0 Å². The molecule has 1 atom stereocenters. The first-order valence-corrected chi connectivity index (χ1v) is 6.90. The SMILES string of the molecule is CC(N)CC(C)(C)c1ccc(-c2ccccc2)cc1. The number of hydrogen-bond acceptors (Lipinski definition) is 1. The second-order valence-corrected chi connectivity index (χ2v) is 6.01. The maximum Gasteiger partial charge on any atom is 0.00187 e. The van der Waals surface area contributed by atoms with E-state index in [0.29, 0.717) is 0 Å². The molecule has 0 aliphatic rings. The third-order valence-electron chi connectivity index (χ3n) is 3.61. The second-order valence-electron chi connectivity index (χ2n) is 6.01. The van der Waals surface area contributed by atoms with Crippen LogP contribution in [-0.4, -0.2) is 6.04 Å². The molecule has 0 radical (unpaired) electrons. The molecule has 1 heteroatoms. The molecule has 0 saturated carbocycles. The Morgan fingerprint density at radius 3 is 1.95 bits per heavy atom. The summed E-state index contributed by atoms with van der Waals surface area (Å²) in [5.41, 5.74) is 9.94. The van der Waals surface area contributed by atoms with Crippen LogP contribution < -0.4 is 5.73 Å². The highest BCUT2D eigenvalue weighted by Gasteiger charge is 2.21. The predicted molar refractivity (Wildman–Crippen MR) is 83.2 cm³/mol. The standard InChI is InChI=1S/C18H23N/c1-14(19)13-18(2,3)17-11-9-16(10-12-17)15-7-5-4-6-8-15/h4-12,14H,13,19H2,1-3H3. The summed E-state index contributed by atoms with van der Waals surface area (Å²) in [6, 6.07) is 19.6. The Bertz CT molecular complexity index is 509. The summed E-state index contributed by atoms with van der Waals surface area (Å²) in [5, 5.41) is 0. The molecule has 0 fully saturated rings. The van der Waals surface area contributed by atoms with Gasteiger partial charge in [-0.05, 0) is 35.4 Å². The van der Waals surface area contributed by atoms with Gasteiger partial charge in [0.15, 0.2) is 0 Å². The third kappa shape index (κ3) is 3.45. The fourth-order valence-electron chi connectivity index (χ4n) is 2.67. The highest BCUT2D eigenvalue weighted by molar-refractivity contribution is 5.63. The van der Waals surface area contributed by atoms with Crippen molar-refractivity contribution in [3.05, 3.63) is 60.2 Å². The van der Waals surface area contributed by atoms with Crippen LogP contribution in [0.3, 0.4) is 0 Å². The molecule has 0 aliphatic heterocycles. The second kappa shape index (κ2) is 5.58. The van der Waals surface area contributed by atoms with Gasteiger partial charge in [-0.1, -0.05) is 68.4 Å². The van der Waals surface area contributed by atoms with Crippen molar-refractivity contribution in [3.8, 4) is 11.1 Å². The van der Waals surface area contributed by atoms with E-state index in [1.807, 2.05) is 6.07 Å². The Hall–Kier alpha value is -1.60. The lowest BCUT2D eigenvalue weighted by atomic mass is 9.79. The van der Waals surface area contributed by atoms with E-state index in [2.05, 4.69) is 69.3 Å². The van der Waals surface area contributed by atoms with Crippen molar-refractivity contribution in [1.29, 1.82) is 0 Å². The first kappa shape index (κ1) is 13.8. The van der Waals surface area contributed by atoms with Gasteiger partial charge in [-0.3, -0.25) is 0 Å². The van der Waals surface area contributed by atoms with Gasteiger partial charge in [0.05, 0.1) is 0 Å². The summed E-state index contributed by atoms with van der Waals surface area (Å²) in [6.07, 6.45) is 0.998. The zero-order valence-corrected chi connectivity index (χ0v) is 12.1. The molecule has 2 rings (SSSR count). The average molecular weight is 253 g/mol. The molecule has 0 aliphatic carbocycles. The van der Waals surface area contributed by atoms with Crippen molar-refractivity contribution in [2.24, 2.45) is 5.73 Å². The summed E-state index contributed by atoms with van der Waals surface area (Å²) in [4.78, 5) is 0. The Labute approximate surface area is 116 Å². The molecule has 0 spiro atoms. The minimum Gasteiger partial charge on any atom is -0.328 e. The van der Waals surface area contributed by atoms with Crippen molar-refractivity contribution in [2.75, 3.05) is 0 Å². The summed E-state index contributed by atoms with van der Waals surface area (Å²) >= 11 is 0. The van der Waals surface area contributed by atoms with E-state index < -0.39 is 0 Å². The molecular formula is C18H23N. The van der Waals surface area contributed by atoms with Crippen LogP contribution >= 0.6 is 0 Å². The third-order valence-corrected chi connectivity index (χ3v) is 3.61. The van der Waals surface area contributed by atoms with Crippen LogP contribution in [0, 0.1) is 0 Å². The Morgan fingerprint density at radius 1 is 0.895 bits per heavy atom. The molecule has 0 amide bonds. The van der Waals surface area contributed by atoms with Gasteiger partial charge in [0.25, 0.3) is 0 Å². The fourth-order valence-corrected chi connectivity index (χ4v) is 2.67. The van der Waals surface area contributed by atoms with Crippen molar-refractivity contribution < 1.29 is 0 Å². The zero-order valence-electron chi connectivity index (χ0n) is 12.1. The molecule has 0 heterocycles. The van der Waals surface area contributed by atoms with E-state index >= 15 is 0 Å². The van der Waals surface area contributed by atoms with Crippen LogP contribution in [0.4, 0.5) is 0 Å². The van der Waals surface area contributed by atoms with Gasteiger partial charge in [-0.15, -0.1) is 0 Å². The van der Waals surface area contributed by atoms with Gasteiger partial charge in [-0.2, -0.15) is 0 Å². The van der Waals surface area contributed by atoms with E-state index in [1.165, 1.54) is 16.7 Å². The smallest absolute Gasteiger partial charge is 0.00187 e. The Morgan fingerprint density at radius 2 is 1.42 bits per heavy atom. The van der Waals surface area contributed by atoms with Gasteiger partial charge in [0, 0.05) is 6.04 Å². The Kier molecular flexibility index (Phi) is 4.06. The largest absolute Gasteiger partial charge is 0.328 e. The monoisotopic (exact) mass is 253 g/mol. The predicted octanol–water partition coefficient (Wildman–Crippen LogP) is 4.37. The van der Waals surface area contributed by atoms with Gasteiger partial charge >= 0.3 is 0 Å². The molecule has 1 nitrogen and oxygen atoms in total. The van der Waals surface area contributed by atoms with Crippen LogP contribution in [0.25, 0.3) is 11.1 Å². The molecular weight excluding hydrogens is 230 g/mol. The number of nitrogens with two attached hydrogens (primary N) is 1. The van der Waals surface area contributed by atoms with E-state index in [-0.39, 0.29) is 11.5 Å². The molecule has 0 aromatic heterocycles. The van der Waals surface area contributed by atoms with E-state index in [1.54, 1.807) is 0 Å². The number of rotatable bonds is 4. The van der Waals surface area contributed by atoms with Crippen LogP contribution in [0.5, 0.6) is 0 Å². The van der Waals surface area contributed by atoms with E-state index in [0.717, 1.165) is 6.42 Å². The van der Waals surface area contributed by atoms with Crippen molar-refractivity contribution in [2.45, 2.75) is 38.6 Å². The van der Waals surface area contributed by atoms with Crippen LogP contribution in [0.15, 0.2) is 54.6 Å². The van der Waals surface area contributed by atoms with Gasteiger partial charge in [-0.25, -0.2) is 0 Å². The van der Waals surface area contributed by atoms with Crippen LogP contribution in [0.1, 0.15) is 32.8 Å². The average Bonchev–Trinajstić information content (AvgIpc) is 2.38. The van der Waals surface area contributed by atoms with Crippen molar-refractivity contribution in [3.63, 3.8) is 0 Å². The maximum absolute atomic E-state index is 5.94. The number of benzene rings is 2. The fraction of sp³-hybridized carbons (Fsp3) is 0.333. The molecule has 1 unspecified atom stereocenters. The molecule has 2 aromatic rings. The normalized spacial score (nSPS) is 13.3. The molecule has 2 N–H and O–H groups in total. The summed E-state index contributed by atoms with van der Waals surface area (Å²) < 4.78 is 0. The lowest BCUT2D eigenvalue weighted by Crippen LogP contribution is -2.28. The van der Waals surface area contributed by atoms with Crippen LogP contribution in [-0.2, 0) is 5.41 Å². The molecule has 2 aromatic carbocycles. The minimum absolute atomic E-state index is 0.128. The first-order valence-electron chi connectivity index (χ1n) is 6.90. The van der Waals surface area contributed by atoms with E-state index in [9.17, 15) is 0 Å². The van der Waals surface area contributed by atoms with Gasteiger partial charge < -0.3 is 5.73 Å². The summed E-state index contributed by atoms with van der Waals surface area (Å²) in [6.45, 7) is 6.59. The zero-order chi connectivity index (χ0) is 13.9. The highest BCUT2D eigenvalue weighted by Crippen LogP contribution is 2.30. The highest BCUT2D eigenvalue weighted by atomic mass is 14.6. The summed E-state index contributed by atoms with van der Waals surface area (Å²) in [7, 11) is 0. The maximum atomic E-state index is 5.94. The Balaban J connectivity index is 2.24. The van der Waals surface area contributed by atoms with Crippen LogP contribution in [0.2, 0.25) is 0 Å². The summed E-state index contributed by atoms with van der Waals surface area (Å²) in [5.74, 6) is 0. The van der Waals surface area contributed by atoms with Crippen molar-refractivity contribution >= 4 is 0 Å². The minimum atomic E-state index is 0.128. The molecule has 0 bridgehead atoms. The quantitative estimate of drug-likeness (QED) is 0.860. The lowest BCUT2D eigenvalue weighted by Gasteiger charge is -2.27. The molecule has 100 valence electrons. The first-order chi connectivity index (χ1) is 8.99. The van der Waals surface area contributed by atoms with Crippen molar-refractivity contribution in [1.82, 2.24) is 0 Å². The number of hydrogen-bond donors (Lipinski definition) is 1. The molecule has 19 heavy (non-hydrogen) atoms. The molecule has 0 saturated heterocycles. The van der Waals surface area contributed by atoms with Gasteiger partial charge in [0.1, 0.15) is 0 Å². The van der Waals surface area contributed by atoms with E-state index in [4.69, 9.17) is 5.73 Å². The lowest BCUT2D eigenvalue weighted by molar-refractivity contribution is 0.437.